The van der Waals surface area contributed by atoms with Gasteiger partial charge in [-0.25, -0.2) is 0 Å². The predicted molar refractivity (Wildman–Crippen MR) is 83.9 cm³/mol. The average Bonchev–Trinajstić information content (AvgIpc) is 2.45. The number of nitrogens with one attached hydrogen (secondary N) is 1. The molecule has 1 atom stereocenters. The molecule has 0 aliphatic rings. The maximum absolute atomic E-state index is 12.1. The van der Waals surface area contributed by atoms with Gasteiger partial charge in [-0.15, -0.1) is 0 Å². The third kappa shape index (κ3) is 3.95. The van der Waals surface area contributed by atoms with E-state index in [1.807, 2.05) is 26.0 Å². The summed E-state index contributed by atoms with van der Waals surface area (Å²) in [7, 11) is 0. The molecule has 1 aromatic heterocycles. The fraction of sp³-hybridized carbons (Fsp3) is 0.250. The molecule has 0 bridgehead atoms. The second-order valence-electron chi connectivity index (χ2n) is 4.86. The maximum atomic E-state index is 12.1. The zero-order valence-electron chi connectivity index (χ0n) is 12.2. The SMILES string of the molecule is Cc1cc(OC(C)C(=O)Nc2ccncc2)cc(C)c1Cl. The number of aromatic nitrogens is 1. The van der Waals surface area contributed by atoms with Gasteiger partial charge in [0.15, 0.2) is 6.10 Å². The molecule has 0 saturated carbocycles. The number of anilines is 1. The van der Waals surface area contributed by atoms with E-state index >= 15 is 0 Å². The summed E-state index contributed by atoms with van der Waals surface area (Å²) >= 11 is 6.12. The van der Waals surface area contributed by atoms with Crippen LogP contribution in [0, 0.1) is 13.8 Å². The molecule has 2 aromatic rings. The third-order valence-corrected chi connectivity index (χ3v) is 3.64. The van der Waals surface area contributed by atoms with Crippen molar-refractivity contribution in [1.29, 1.82) is 0 Å². The summed E-state index contributed by atoms with van der Waals surface area (Å²) < 4.78 is 5.68. The molecule has 1 N–H and O–H groups in total. The van der Waals surface area contributed by atoms with Crippen LogP contribution < -0.4 is 10.1 Å². The van der Waals surface area contributed by atoms with Crippen molar-refractivity contribution in [2.75, 3.05) is 5.32 Å². The van der Waals surface area contributed by atoms with Crippen LogP contribution in [0.25, 0.3) is 0 Å². The lowest BCUT2D eigenvalue weighted by atomic mass is 10.1. The van der Waals surface area contributed by atoms with Gasteiger partial charge in [0.25, 0.3) is 5.91 Å². The smallest absolute Gasteiger partial charge is 0.265 e. The van der Waals surface area contributed by atoms with Crippen LogP contribution in [-0.2, 0) is 4.79 Å². The fourth-order valence-electron chi connectivity index (χ4n) is 1.91. The van der Waals surface area contributed by atoms with Gasteiger partial charge in [-0.3, -0.25) is 9.78 Å². The van der Waals surface area contributed by atoms with Gasteiger partial charge < -0.3 is 10.1 Å². The second-order valence-corrected chi connectivity index (χ2v) is 5.23. The molecule has 2 rings (SSSR count). The zero-order chi connectivity index (χ0) is 15.4. The van der Waals surface area contributed by atoms with E-state index in [1.165, 1.54) is 0 Å². The molecule has 0 spiro atoms. The summed E-state index contributed by atoms with van der Waals surface area (Å²) in [5.74, 6) is 0.415. The van der Waals surface area contributed by atoms with Crippen LogP contribution in [0.3, 0.4) is 0 Å². The number of aryl methyl sites for hydroxylation is 2. The van der Waals surface area contributed by atoms with E-state index in [4.69, 9.17) is 16.3 Å². The lowest BCUT2D eigenvalue weighted by Gasteiger charge is -2.16. The minimum Gasteiger partial charge on any atom is -0.481 e. The molecule has 21 heavy (non-hydrogen) atoms. The van der Waals surface area contributed by atoms with Crippen LogP contribution in [0.2, 0.25) is 5.02 Å². The molecule has 0 radical (unpaired) electrons. The zero-order valence-corrected chi connectivity index (χ0v) is 12.9. The van der Waals surface area contributed by atoms with E-state index in [0.717, 1.165) is 16.1 Å². The van der Waals surface area contributed by atoms with Crippen LogP contribution in [-0.4, -0.2) is 17.0 Å². The van der Waals surface area contributed by atoms with Crippen LogP contribution in [0.15, 0.2) is 36.7 Å². The number of ether oxygens (including phenoxy) is 1. The number of nitrogens with zero attached hydrogens (tertiary/aromatic N) is 1. The maximum Gasteiger partial charge on any atom is 0.265 e. The van der Waals surface area contributed by atoms with E-state index in [9.17, 15) is 4.79 Å². The molecule has 0 fully saturated rings. The lowest BCUT2D eigenvalue weighted by Crippen LogP contribution is -2.30. The Kier molecular flexibility index (Phi) is 4.81. The van der Waals surface area contributed by atoms with Crippen molar-refractivity contribution in [3.63, 3.8) is 0 Å². The van der Waals surface area contributed by atoms with Crippen LogP contribution in [0.4, 0.5) is 5.69 Å². The summed E-state index contributed by atoms with van der Waals surface area (Å²) in [6.45, 7) is 5.52. The first-order valence-electron chi connectivity index (χ1n) is 6.61. The average molecular weight is 305 g/mol. The van der Waals surface area contributed by atoms with Crippen molar-refractivity contribution in [3.8, 4) is 5.75 Å². The number of hydrogen-bond acceptors (Lipinski definition) is 3. The monoisotopic (exact) mass is 304 g/mol. The number of rotatable bonds is 4. The summed E-state index contributed by atoms with van der Waals surface area (Å²) in [5.41, 5.74) is 2.54. The Bertz CT molecular complexity index is 621. The van der Waals surface area contributed by atoms with Crippen LogP contribution >= 0.6 is 11.6 Å². The van der Waals surface area contributed by atoms with Crippen molar-refractivity contribution in [2.24, 2.45) is 0 Å². The van der Waals surface area contributed by atoms with E-state index in [-0.39, 0.29) is 5.91 Å². The molecular formula is C16H17ClN2O2. The fourth-order valence-corrected chi connectivity index (χ4v) is 2.02. The van der Waals surface area contributed by atoms with Crippen molar-refractivity contribution in [2.45, 2.75) is 26.9 Å². The predicted octanol–water partition coefficient (Wildman–Crippen LogP) is 3.76. The van der Waals surface area contributed by atoms with E-state index < -0.39 is 6.10 Å². The molecule has 1 aromatic carbocycles. The number of pyridine rings is 1. The van der Waals surface area contributed by atoms with Gasteiger partial charge in [-0.1, -0.05) is 11.6 Å². The van der Waals surface area contributed by atoms with Crippen molar-refractivity contribution in [3.05, 3.63) is 52.8 Å². The minimum atomic E-state index is -0.613. The topological polar surface area (TPSA) is 51.2 Å². The number of amides is 1. The lowest BCUT2D eigenvalue weighted by molar-refractivity contribution is -0.122. The highest BCUT2D eigenvalue weighted by atomic mass is 35.5. The van der Waals surface area contributed by atoms with Crippen LogP contribution in [0.1, 0.15) is 18.1 Å². The molecule has 110 valence electrons. The van der Waals surface area contributed by atoms with Crippen molar-refractivity contribution in [1.82, 2.24) is 4.98 Å². The van der Waals surface area contributed by atoms with Gasteiger partial charge in [0.05, 0.1) is 0 Å². The first kappa shape index (κ1) is 15.3. The first-order valence-corrected chi connectivity index (χ1v) is 6.99. The quantitative estimate of drug-likeness (QED) is 0.935. The van der Waals surface area contributed by atoms with Crippen molar-refractivity contribution < 1.29 is 9.53 Å². The molecule has 1 heterocycles. The Morgan fingerprint density at radius 1 is 1.24 bits per heavy atom. The number of hydrogen-bond donors (Lipinski definition) is 1. The third-order valence-electron chi connectivity index (χ3n) is 3.04. The highest BCUT2D eigenvalue weighted by Gasteiger charge is 2.15. The highest BCUT2D eigenvalue weighted by molar-refractivity contribution is 6.32. The molecule has 0 aliphatic carbocycles. The largest absolute Gasteiger partial charge is 0.481 e. The molecule has 4 nitrogen and oxygen atoms in total. The number of halogens is 1. The standard InChI is InChI=1S/C16H17ClN2O2/c1-10-8-14(9-11(2)15(10)17)21-12(3)16(20)19-13-4-6-18-7-5-13/h4-9,12H,1-3H3,(H,18,19,20). The Labute approximate surface area is 129 Å². The van der Waals surface area contributed by atoms with Gasteiger partial charge in [-0.2, -0.15) is 0 Å². The highest BCUT2D eigenvalue weighted by Crippen LogP contribution is 2.26. The Morgan fingerprint density at radius 2 is 1.81 bits per heavy atom. The Morgan fingerprint density at radius 3 is 2.38 bits per heavy atom. The Balaban J connectivity index is 2.04. The summed E-state index contributed by atoms with van der Waals surface area (Å²) in [4.78, 5) is 16.0. The van der Waals surface area contributed by atoms with E-state index in [2.05, 4.69) is 10.3 Å². The van der Waals surface area contributed by atoms with Gasteiger partial charge in [0.1, 0.15) is 5.75 Å². The second kappa shape index (κ2) is 6.59. The summed E-state index contributed by atoms with van der Waals surface area (Å²) in [6, 6.07) is 7.10. The number of carbonyl (C=O) groups is 1. The molecule has 0 saturated heterocycles. The Hall–Kier alpha value is -2.07. The van der Waals surface area contributed by atoms with E-state index in [0.29, 0.717) is 11.4 Å². The normalized spacial score (nSPS) is 11.8. The molecule has 5 heteroatoms. The number of benzene rings is 1. The van der Waals surface area contributed by atoms with Crippen LogP contribution in [0.5, 0.6) is 5.75 Å². The van der Waals surface area contributed by atoms with Gasteiger partial charge in [-0.05, 0) is 56.2 Å². The molecule has 1 amide bonds. The molecular weight excluding hydrogens is 288 g/mol. The van der Waals surface area contributed by atoms with E-state index in [1.54, 1.807) is 31.5 Å². The summed E-state index contributed by atoms with van der Waals surface area (Å²) in [6.07, 6.45) is 2.62. The molecule has 1 unspecified atom stereocenters. The number of carbonyl (C=O) groups excluding carboxylic acids is 1. The summed E-state index contributed by atoms with van der Waals surface area (Å²) in [5, 5.41) is 3.49. The molecule has 0 aliphatic heterocycles. The first-order chi connectivity index (χ1) is 9.97. The minimum absolute atomic E-state index is 0.216. The van der Waals surface area contributed by atoms with Crippen molar-refractivity contribution >= 4 is 23.2 Å². The van der Waals surface area contributed by atoms with Gasteiger partial charge in [0, 0.05) is 23.1 Å². The van der Waals surface area contributed by atoms with Gasteiger partial charge in [0.2, 0.25) is 0 Å². The van der Waals surface area contributed by atoms with Gasteiger partial charge >= 0.3 is 0 Å².